The van der Waals surface area contributed by atoms with Gasteiger partial charge in [-0.25, -0.2) is 0 Å². The van der Waals surface area contributed by atoms with Gasteiger partial charge in [0, 0.05) is 19.1 Å². The van der Waals surface area contributed by atoms with E-state index in [2.05, 4.69) is 11.5 Å². The highest BCUT2D eigenvalue weighted by atomic mass is 35.5. The van der Waals surface area contributed by atoms with E-state index in [0.717, 1.165) is 25.9 Å². The molecule has 4 heteroatoms. The number of halogens is 1. The van der Waals surface area contributed by atoms with Crippen molar-refractivity contribution in [2.75, 3.05) is 13.1 Å². The summed E-state index contributed by atoms with van der Waals surface area (Å²) in [7, 11) is 0. The first-order chi connectivity index (χ1) is 8.70. The van der Waals surface area contributed by atoms with E-state index >= 15 is 0 Å². The molecule has 1 heterocycles. The summed E-state index contributed by atoms with van der Waals surface area (Å²) in [6.07, 6.45) is 7.84. The molecule has 2 saturated carbocycles. The van der Waals surface area contributed by atoms with Crippen LogP contribution in [0, 0.1) is 23.7 Å². The van der Waals surface area contributed by atoms with E-state index < -0.39 is 0 Å². The Hall–Kier alpha value is -0.540. The van der Waals surface area contributed by atoms with Gasteiger partial charge < -0.3 is 10.6 Å². The maximum Gasteiger partial charge on any atom is 0.227 e. The van der Waals surface area contributed by atoms with Crippen LogP contribution in [0.15, 0.2) is 12.7 Å². The molecule has 3 aliphatic rings. The van der Waals surface area contributed by atoms with Crippen molar-refractivity contribution < 1.29 is 4.79 Å². The van der Waals surface area contributed by atoms with E-state index in [1.165, 1.54) is 19.3 Å². The molecule has 0 aromatic rings. The van der Waals surface area contributed by atoms with E-state index in [1.807, 2.05) is 6.08 Å². The summed E-state index contributed by atoms with van der Waals surface area (Å²) in [5, 5.41) is 0. The van der Waals surface area contributed by atoms with E-state index in [-0.39, 0.29) is 24.4 Å². The normalized spacial score (nSPS) is 38.1. The van der Waals surface area contributed by atoms with Crippen molar-refractivity contribution >= 4 is 18.3 Å². The number of nitrogens with zero attached hydrogens (tertiary/aromatic N) is 1. The standard InChI is InChI=1S/C15H24N2O.ClH/c1-2-10-5-7-17(8-6-10)15(18)13-11-3-4-12(9-11)14(13)16;/h2,10-14H,1,3-9,16H2;1H. The second-order valence-electron chi connectivity index (χ2n) is 6.33. The molecule has 1 saturated heterocycles. The van der Waals surface area contributed by atoms with Crippen molar-refractivity contribution in [3.63, 3.8) is 0 Å². The number of carbonyl (C=O) groups is 1. The molecule has 4 atom stereocenters. The minimum atomic E-state index is 0. The van der Waals surface area contributed by atoms with Crippen LogP contribution >= 0.6 is 12.4 Å². The molecule has 3 fully saturated rings. The van der Waals surface area contributed by atoms with Crippen molar-refractivity contribution in [3.05, 3.63) is 12.7 Å². The van der Waals surface area contributed by atoms with Crippen LogP contribution in [0.1, 0.15) is 32.1 Å². The first-order valence-corrected chi connectivity index (χ1v) is 7.37. The van der Waals surface area contributed by atoms with Gasteiger partial charge in [0.25, 0.3) is 0 Å². The summed E-state index contributed by atoms with van der Waals surface area (Å²) in [5.74, 6) is 2.27. The number of nitrogens with two attached hydrogens (primary N) is 1. The predicted molar refractivity (Wildman–Crippen MR) is 79.0 cm³/mol. The lowest BCUT2D eigenvalue weighted by atomic mass is 9.83. The Balaban J connectivity index is 0.00000133. The molecule has 2 aliphatic carbocycles. The first kappa shape index (κ1) is 14.9. The van der Waals surface area contributed by atoms with E-state index in [9.17, 15) is 4.79 Å². The Labute approximate surface area is 122 Å². The molecule has 0 aromatic carbocycles. The van der Waals surface area contributed by atoms with Gasteiger partial charge in [-0.1, -0.05) is 6.08 Å². The third-order valence-electron chi connectivity index (χ3n) is 5.45. The number of hydrogen-bond donors (Lipinski definition) is 1. The van der Waals surface area contributed by atoms with Crippen LogP contribution in [-0.2, 0) is 4.79 Å². The molecule has 19 heavy (non-hydrogen) atoms. The molecular formula is C15H25ClN2O. The Morgan fingerprint density at radius 3 is 2.32 bits per heavy atom. The van der Waals surface area contributed by atoms with Crippen LogP contribution < -0.4 is 5.73 Å². The number of piperidine rings is 1. The average Bonchev–Trinajstić information content (AvgIpc) is 2.99. The van der Waals surface area contributed by atoms with E-state index in [4.69, 9.17) is 5.73 Å². The third kappa shape index (κ3) is 2.55. The van der Waals surface area contributed by atoms with Gasteiger partial charge in [0.15, 0.2) is 0 Å². The lowest BCUT2D eigenvalue weighted by molar-refractivity contribution is -0.139. The van der Waals surface area contributed by atoms with Gasteiger partial charge in [0.05, 0.1) is 5.92 Å². The number of fused-ring (bicyclic) bond motifs is 2. The lowest BCUT2D eigenvalue weighted by Crippen LogP contribution is -2.49. The zero-order valence-corrected chi connectivity index (χ0v) is 12.3. The average molecular weight is 285 g/mol. The minimum absolute atomic E-state index is 0. The summed E-state index contributed by atoms with van der Waals surface area (Å²) in [6, 6.07) is 0.133. The Morgan fingerprint density at radius 2 is 1.79 bits per heavy atom. The molecule has 3 rings (SSSR count). The molecule has 108 valence electrons. The van der Waals surface area contributed by atoms with Crippen LogP contribution in [0.25, 0.3) is 0 Å². The van der Waals surface area contributed by atoms with Gasteiger partial charge in [0.2, 0.25) is 5.91 Å². The predicted octanol–water partition coefficient (Wildman–Crippen LogP) is 2.21. The van der Waals surface area contributed by atoms with Crippen LogP contribution in [0.2, 0.25) is 0 Å². The van der Waals surface area contributed by atoms with Crippen LogP contribution in [0.5, 0.6) is 0 Å². The van der Waals surface area contributed by atoms with Crippen molar-refractivity contribution in [2.45, 2.75) is 38.1 Å². The highest BCUT2D eigenvalue weighted by Gasteiger charge is 2.50. The van der Waals surface area contributed by atoms with Gasteiger partial charge in [-0.15, -0.1) is 19.0 Å². The quantitative estimate of drug-likeness (QED) is 0.790. The molecular weight excluding hydrogens is 260 g/mol. The molecule has 0 aromatic heterocycles. The topological polar surface area (TPSA) is 46.3 Å². The summed E-state index contributed by atoms with van der Waals surface area (Å²) < 4.78 is 0. The number of hydrogen-bond acceptors (Lipinski definition) is 2. The van der Waals surface area contributed by atoms with Gasteiger partial charge in [-0.3, -0.25) is 4.79 Å². The molecule has 0 spiro atoms. The van der Waals surface area contributed by atoms with Crippen LogP contribution in [0.4, 0.5) is 0 Å². The van der Waals surface area contributed by atoms with Crippen molar-refractivity contribution in [1.82, 2.24) is 4.90 Å². The monoisotopic (exact) mass is 284 g/mol. The number of rotatable bonds is 2. The van der Waals surface area contributed by atoms with Gasteiger partial charge in [-0.05, 0) is 49.9 Å². The zero-order chi connectivity index (χ0) is 12.7. The Kier molecular flexibility index (Phi) is 4.57. The molecule has 2 N–H and O–H groups in total. The second kappa shape index (κ2) is 5.84. The third-order valence-corrected chi connectivity index (χ3v) is 5.45. The fraction of sp³-hybridized carbons (Fsp3) is 0.800. The molecule has 4 unspecified atom stereocenters. The molecule has 2 bridgehead atoms. The smallest absolute Gasteiger partial charge is 0.227 e. The molecule has 0 radical (unpaired) electrons. The highest BCUT2D eigenvalue weighted by molar-refractivity contribution is 5.85. The number of likely N-dealkylation sites (tertiary alicyclic amines) is 1. The number of amides is 1. The summed E-state index contributed by atoms with van der Waals surface area (Å²) in [6.45, 7) is 5.65. The van der Waals surface area contributed by atoms with Crippen molar-refractivity contribution in [2.24, 2.45) is 29.4 Å². The van der Waals surface area contributed by atoms with Crippen LogP contribution in [0.3, 0.4) is 0 Å². The van der Waals surface area contributed by atoms with E-state index in [0.29, 0.717) is 23.7 Å². The molecule has 1 amide bonds. The lowest BCUT2D eigenvalue weighted by Gasteiger charge is -2.36. The fourth-order valence-corrected chi connectivity index (χ4v) is 4.27. The Morgan fingerprint density at radius 1 is 1.16 bits per heavy atom. The minimum Gasteiger partial charge on any atom is -0.342 e. The number of carbonyl (C=O) groups excluding carboxylic acids is 1. The van der Waals surface area contributed by atoms with Crippen molar-refractivity contribution in [1.29, 1.82) is 0 Å². The highest BCUT2D eigenvalue weighted by Crippen LogP contribution is 2.48. The van der Waals surface area contributed by atoms with Crippen molar-refractivity contribution in [3.8, 4) is 0 Å². The van der Waals surface area contributed by atoms with Gasteiger partial charge in [0.1, 0.15) is 0 Å². The van der Waals surface area contributed by atoms with Gasteiger partial charge in [-0.2, -0.15) is 0 Å². The maximum atomic E-state index is 12.6. The fourth-order valence-electron chi connectivity index (χ4n) is 4.27. The summed E-state index contributed by atoms with van der Waals surface area (Å²) in [5.41, 5.74) is 6.26. The van der Waals surface area contributed by atoms with Crippen LogP contribution in [-0.4, -0.2) is 29.9 Å². The first-order valence-electron chi connectivity index (χ1n) is 7.37. The summed E-state index contributed by atoms with van der Waals surface area (Å²) >= 11 is 0. The molecule has 3 nitrogen and oxygen atoms in total. The van der Waals surface area contributed by atoms with Gasteiger partial charge >= 0.3 is 0 Å². The van der Waals surface area contributed by atoms with E-state index in [1.54, 1.807) is 0 Å². The Bertz CT molecular complexity index is 350. The zero-order valence-electron chi connectivity index (χ0n) is 11.5. The summed E-state index contributed by atoms with van der Waals surface area (Å²) in [4.78, 5) is 14.7. The largest absolute Gasteiger partial charge is 0.342 e. The number of allylic oxidation sites excluding steroid dienone is 1. The maximum absolute atomic E-state index is 12.6. The second-order valence-corrected chi connectivity index (χ2v) is 6.33. The molecule has 1 aliphatic heterocycles. The SMILES string of the molecule is C=CC1CCN(C(=O)C2C3CCC(C3)C2N)CC1.Cl.